The van der Waals surface area contributed by atoms with Crippen molar-refractivity contribution in [3.8, 4) is 0 Å². The minimum absolute atomic E-state index is 0.177. The highest BCUT2D eigenvalue weighted by Gasteiger charge is 2.30. The summed E-state index contributed by atoms with van der Waals surface area (Å²) in [7, 11) is 1.61. The van der Waals surface area contributed by atoms with Gasteiger partial charge in [0.2, 0.25) is 0 Å². The van der Waals surface area contributed by atoms with Gasteiger partial charge in [-0.05, 0) is 17.5 Å². The monoisotopic (exact) mass is 277 g/mol. The predicted octanol–water partition coefficient (Wildman–Crippen LogP) is 1.48. The van der Waals surface area contributed by atoms with E-state index in [4.69, 9.17) is 9.84 Å². The van der Waals surface area contributed by atoms with Gasteiger partial charge in [0.15, 0.2) is 6.10 Å². The van der Waals surface area contributed by atoms with Crippen LogP contribution in [0.3, 0.4) is 0 Å². The Morgan fingerprint density at radius 3 is 2.85 bits per heavy atom. The van der Waals surface area contributed by atoms with Gasteiger partial charge >= 0.3 is 5.97 Å². The number of rotatable bonds is 4. The summed E-state index contributed by atoms with van der Waals surface area (Å²) in [6.45, 7) is 2.27. The molecule has 20 heavy (non-hydrogen) atoms. The first kappa shape index (κ1) is 14.5. The van der Waals surface area contributed by atoms with Gasteiger partial charge in [-0.25, -0.2) is 0 Å². The van der Waals surface area contributed by atoms with E-state index in [-0.39, 0.29) is 12.5 Å². The van der Waals surface area contributed by atoms with E-state index in [0.29, 0.717) is 6.61 Å². The summed E-state index contributed by atoms with van der Waals surface area (Å²) in [4.78, 5) is 24.7. The Bertz CT molecular complexity index is 514. The molecule has 2 rings (SSSR count). The third-order valence-electron chi connectivity index (χ3n) is 3.56. The van der Waals surface area contributed by atoms with E-state index in [1.807, 2.05) is 24.3 Å². The molecule has 0 aliphatic carbocycles. The number of ether oxygens (including phenoxy) is 1. The van der Waals surface area contributed by atoms with Crippen LogP contribution in [-0.2, 0) is 20.7 Å². The lowest BCUT2D eigenvalue weighted by molar-refractivity contribution is -0.147. The Morgan fingerprint density at radius 1 is 1.45 bits per heavy atom. The molecular weight excluding hydrogens is 258 g/mol. The van der Waals surface area contributed by atoms with E-state index in [2.05, 4.69) is 0 Å². The van der Waals surface area contributed by atoms with Gasteiger partial charge < -0.3 is 14.7 Å². The average molecular weight is 277 g/mol. The largest absolute Gasteiger partial charge is 0.481 e. The van der Waals surface area contributed by atoms with Crippen LogP contribution in [0.15, 0.2) is 24.3 Å². The second-order valence-electron chi connectivity index (χ2n) is 5.16. The van der Waals surface area contributed by atoms with Gasteiger partial charge in [0, 0.05) is 13.6 Å². The number of carbonyl (C=O) groups is 2. The minimum Gasteiger partial charge on any atom is -0.481 e. The van der Waals surface area contributed by atoms with E-state index in [9.17, 15) is 9.59 Å². The molecule has 1 aromatic carbocycles. The summed E-state index contributed by atoms with van der Waals surface area (Å²) < 4.78 is 5.59. The second-order valence-corrected chi connectivity index (χ2v) is 5.16. The molecule has 0 aromatic heterocycles. The molecule has 0 unspecified atom stereocenters. The zero-order chi connectivity index (χ0) is 14.7. The number of carbonyl (C=O) groups excluding carboxylic acids is 1. The molecule has 1 aromatic rings. The molecule has 0 spiro atoms. The fourth-order valence-corrected chi connectivity index (χ4v) is 2.38. The van der Waals surface area contributed by atoms with E-state index < -0.39 is 18.0 Å². The van der Waals surface area contributed by atoms with Crippen LogP contribution in [0, 0.1) is 5.92 Å². The van der Waals surface area contributed by atoms with Gasteiger partial charge in [0.05, 0.1) is 12.5 Å². The molecular formula is C15H19NO4. The van der Waals surface area contributed by atoms with E-state index in [1.165, 1.54) is 4.90 Å². The summed E-state index contributed by atoms with van der Waals surface area (Å²) in [5.74, 6) is -1.69. The Kier molecular flexibility index (Phi) is 4.39. The Balaban J connectivity index is 2.12. The first-order chi connectivity index (χ1) is 9.50. The van der Waals surface area contributed by atoms with Crippen molar-refractivity contribution >= 4 is 11.9 Å². The highest BCUT2D eigenvalue weighted by atomic mass is 16.5. The fourth-order valence-electron chi connectivity index (χ4n) is 2.38. The third-order valence-corrected chi connectivity index (χ3v) is 3.56. The molecule has 1 N–H and O–H groups in total. The number of carboxylic acids is 1. The van der Waals surface area contributed by atoms with Crippen LogP contribution in [0.2, 0.25) is 0 Å². The van der Waals surface area contributed by atoms with Crippen LogP contribution in [0.5, 0.6) is 0 Å². The molecule has 108 valence electrons. The smallest absolute Gasteiger partial charge is 0.308 e. The molecule has 5 nitrogen and oxygen atoms in total. The van der Waals surface area contributed by atoms with Gasteiger partial charge in [-0.2, -0.15) is 0 Å². The normalized spacial score (nSPS) is 19.0. The van der Waals surface area contributed by atoms with E-state index in [1.54, 1.807) is 14.0 Å². The maximum atomic E-state index is 12.4. The number of fused-ring (bicyclic) bond motifs is 1. The Labute approximate surface area is 118 Å². The molecule has 5 heteroatoms. The number of benzene rings is 1. The molecule has 1 aliphatic heterocycles. The zero-order valence-corrected chi connectivity index (χ0v) is 11.7. The van der Waals surface area contributed by atoms with Crippen molar-refractivity contribution in [2.24, 2.45) is 5.92 Å². The molecule has 2 atom stereocenters. The molecule has 0 saturated heterocycles. The number of amides is 1. The second kappa shape index (κ2) is 6.05. The molecule has 0 radical (unpaired) electrons. The Morgan fingerprint density at radius 2 is 2.15 bits per heavy atom. The highest BCUT2D eigenvalue weighted by molar-refractivity contribution is 5.83. The van der Waals surface area contributed by atoms with Crippen molar-refractivity contribution in [2.45, 2.75) is 19.4 Å². The van der Waals surface area contributed by atoms with Gasteiger partial charge in [0.25, 0.3) is 5.91 Å². The minimum atomic E-state index is -0.908. The summed E-state index contributed by atoms with van der Waals surface area (Å²) in [6, 6.07) is 7.72. The topological polar surface area (TPSA) is 66.8 Å². The number of nitrogens with zero attached hydrogens (tertiary/aromatic N) is 1. The third kappa shape index (κ3) is 2.99. The van der Waals surface area contributed by atoms with Crippen molar-refractivity contribution in [1.82, 2.24) is 4.90 Å². The van der Waals surface area contributed by atoms with Crippen molar-refractivity contribution in [3.63, 3.8) is 0 Å². The average Bonchev–Trinajstić information content (AvgIpc) is 2.45. The summed E-state index contributed by atoms with van der Waals surface area (Å²) in [5.41, 5.74) is 2.01. The lowest BCUT2D eigenvalue weighted by atomic mass is 9.96. The number of aliphatic carboxylic acids is 1. The first-order valence-electron chi connectivity index (χ1n) is 6.68. The Hall–Kier alpha value is -1.88. The predicted molar refractivity (Wildman–Crippen MR) is 73.3 cm³/mol. The molecule has 1 heterocycles. The van der Waals surface area contributed by atoms with Crippen LogP contribution in [0.4, 0.5) is 0 Å². The van der Waals surface area contributed by atoms with Gasteiger partial charge in [0.1, 0.15) is 0 Å². The van der Waals surface area contributed by atoms with Crippen LogP contribution in [0.1, 0.15) is 24.2 Å². The van der Waals surface area contributed by atoms with Gasteiger partial charge in [-0.1, -0.05) is 31.2 Å². The zero-order valence-electron chi connectivity index (χ0n) is 11.7. The summed E-state index contributed by atoms with van der Waals surface area (Å²) in [6.07, 6.45) is 0.181. The standard InChI is InChI=1S/C15H19NO4/c1-10(15(18)19)9-16(2)14(17)13-12-6-4-3-5-11(12)7-8-20-13/h3-6,10,13H,7-9H2,1-2H3,(H,18,19)/t10-,13-/m1/s1. The lowest BCUT2D eigenvalue weighted by Gasteiger charge is -2.29. The molecule has 1 amide bonds. The van der Waals surface area contributed by atoms with Crippen LogP contribution in [-0.4, -0.2) is 42.1 Å². The molecule has 0 saturated carbocycles. The number of hydrogen-bond acceptors (Lipinski definition) is 3. The molecule has 0 fully saturated rings. The van der Waals surface area contributed by atoms with Crippen LogP contribution in [0.25, 0.3) is 0 Å². The fraction of sp³-hybridized carbons (Fsp3) is 0.467. The molecule has 0 bridgehead atoms. The number of hydrogen-bond donors (Lipinski definition) is 1. The maximum absolute atomic E-state index is 12.4. The van der Waals surface area contributed by atoms with Crippen molar-refractivity contribution in [2.75, 3.05) is 20.2 Å². The summed E-state index contributed by atoms with van der Waals surface area (Å²) >= 11 is 0. The van der Waals surface area contributed by atoms with Crippen LogP contribution < -0.4 is 0 Å². The highest BCUT2D eigenvalue weighted by Crippen LogP contribution is 2.28. The SMILES string of the molecule is C[C@H](CN(C)C(=O)[C@@H]1OCCc2ccccc21)C(=O)O. The van der Waals surface area contributed by atoms with Crippen molar-refractivity contribution < 1.29 is 19.4 Å². The van der Waals surface area contributed by atoms with E-state index >= 15 is 0 Å². The molecule has 1 aliphatic rings. The van der Waals surface area contributed by atoms with Gasteiger partial charge in [-0.3, -0.25) is 9.59 Å². The van der Waals surface area contributed by atoms with Crippen molar-refractivity contribution in [3.05, 3.63) is 35.4 Å². The van der Waals surface area contributed by atoms with Gasteiger partial charge in [-0.15, -0.1) is 0 Å². The quantitative estimate of drug-likeness (QED) is 0.905. The lowest BCUT2D eigenvalue weighted by Crippen LogP contribution is -2.39. The van der Waals surface area contributed by atoms with E-state index in [0.717, 1.165) is 17.5 Å². The van der Waals surface area contributed by atoms with Crippen LogP contribution >= 0.6 is 0 Å². The first-order valence-corrected chi connectivity index (χ1v) is 6.68. The summed E-state index contributed by atoms with van der Waals surface area (Å²) in [5, 5.41) is 8.91. The van der Waals surface area contributed by atoms with Crippen molar-refractivity contribution in [1.29, 1.82) is 0 Å². The number of likely N-dealkylation sites (N-methyl/N-ethyl adjacent to an activating group) is 1. The number of carboxylic acid groups (broad SMARTS) is 1. The maximum Gasteiger partial charge on any atom is 0.308 e.